The van der Waals surface area contributed by atoms with Crippen molar-refractivity contribution in [2.45, 2.75) is 26.2 Å². The number of carbonyl (C=O) groups is 1. The van der Waals surface area contributed by atoms with E-state index in [2.05, 4.69) is 31.1 Å². The molecule has 0 unspecified atom stereocenters. The van der Waals surface area contributed by atoms with Crippen LogP contribution in [0, 0.1) is 19.3 Å². The highest BCUT2D eigenvalue weighted by Gasteiger charge is 2.22. The second-order valence-electron chi connectivity index (χ2n) is 8.39. The van der Waals surface area contributed by atoms with Crippen molar-refractivity contribution in [2.75, 3.05) is 43.5 Å². The molecule has 0 spiro atoms. The lowest BCUT2D eigenvalue weighted by Gasteiger charge is -2.35. The monoisotopic (exact) mass is 502 g/mol. The van der Waals surface area contributed by atoms with Gasteiger partial charge in [-0.1, -0.05) is 29.5 Å². The number of nitrogens with one attached hydrogen (secondary N) is 1. The number of hydrogen-bond donors (Lipinski definition) is 1. The van der Waals surface area contributed by atoms with Gasteiger partial charge in [-0.15, -0.1) is 12.3 Å². The van der Waals surface area contributed by atoms with Crippen LogP contribution in [0.5, 0.6) is 5.75 Å². The van der Waals surface area contributed by atoms with E-state index >= 15 is 0 Å². The van der Waals surface area contributed by atoms with Gasteiger partial charge < -0.3 is 19.9 Å². The third-order valence-electron chi connectivity index (χ3n) is 5.78. The topological polar surface area (TPSA) is 83.5 Å². The van der Waals surface area contributed by atoms with E-state index in [1.165, 1.54) is 0 Å². The van der Waals surface area contributed by atoms with E-state index in [-0.39, 0.29) is 5.91 Å². The molecule has 0 aliphatic carbocycles. The highest BCUT2D eigenvalue weighted by Crippen LogP contribution is 2.26. The summed E-state index contributed by atoms with van der Waals surface area (Å²) in [5.74, 6) is 5.81. The Balaban J connectivity index is 1.36. The molecule has 1 aliphatic heterocycles. The first kappa shape index (κ1) is 25.2. The number of benzene rings is 1. The molecule has 186 valence electrons. The number of nitrogens with zero attached hydrogens (tertiary/aromatic N) is 5. The van der Waals surface area contributed by atoms with Crippen LogP contribution in [0.1, 0.15) is 35.5 Å². The molecule has 0 saturated carbocycles. The Labute approximate surface area is 216 Å². The van der Waals surface area contributed by atoms with Crippen LogP contribution in [0.15, 0.2) is 36.5 Å². The predicted octanol–water partition coefficient (Wildman–Crippen LogP) is 4.62. The Morgan fingerprint density at radius 1 is 1.22 bits per heavy atom. The van der Waals surface area contributed by atoms with E-state index in [1.54, 1.807) is 18.4 Å². The van der Waals surface area contributed by atoms with E-state index in [9.17, 15) is 4.79 Å². The molecule has 1 aliphatic rings. The van der Waals surface area contributed by atoms with Crippen LogP contribution in [-0.2, 0) is 4.79 Å². The van der Waals surface area contributed by atoms with Gasteiger partial charge in [0, 0.05) is 56.2 Å². The number of aryl methyl sites for hydroxylation is 1. The van der Waals surface area contributed by atoms with Crippen molar-refractivity contribution in [3.63, 3.8) is 0 Å². The molecule has 2 aromatic heterocycles. The van der Waals surface area contributed by atoms with Gasteiger partial charge in [0.1, 0.15) is 23.2 Å². The van der Waals surface area contributed by atoms with Crippen molar-refractivity contribution in [1.82, 2.24) is 19.9 Å². The number of hydrogen-bond acceptors (Lipinski definition) is 8. The Kier molecular flexibility index (Phi) is 8.53. The minimum Gasteiger partial charge on any atom is -0.497 e. The highest BCUT2D eigenvalue weighted by atomic mass is 32.1. The van der Waals surface area contributed by atoms with Crippen LogP contribution in [0.2, 0.25) is 0 Å². The van der Waals surface area contributed by atoms with Crippen molar-refractivity contribution in [3.05, 3.63) is 52.8 Å². The summed E-state index contributed by atoms with van der Waals surface area (Å²) >= 11 is 1.54. The smallest absolute Gasteiger partial charge is 0.222 e. The van der Waals surface area contributed by atoms with E-state index in [1.807, 2.05) is 60.5 Å². The fraction of sp³-hybridized carbons (Fsp3) is 0.333. The molecule has 0 bridgehead atoms. The summed E-state index contributed by atoms with van der Waals surface area (Å²) in [6.45, 7) is 4.69. The zero-order valence-corrected chi connectivity index (χ0v) is 21.4. The quantitative estimate of drug-likeness (QED) is 0.338. The summed E-state index contributed by atoms with van der Waals surface area (Å²) in [4.78, 5) is 31.1. The highest BCUT2D eigenvalue weighted by molar-refractivity contribution is 7.16. The minimum atomic E-state index is 0.172. The van der Waals surface area contributed by atoms with Crippen molar-refractivity contribution < 1.29 is 9.53 Å². The number of anilines is 3. The van der Waals surface area contributed by atoms with Crippen molar-refractivity contribution in [2.24, 2.45) is 0 Å². The molecule has 4 rings (SSSR count). The molecule has 9 heteroatoms. The number of rotatable bonds is 9. The van der Waals surface area contributed by atoms with Crippen molar-refractivity contribution in [1.29, 1.82) is 0 Å². The van der Waals surface area contributed by atoms with Crippen molar-refractivity contribution in [3.8, 4) is 18.1 Å². The fourth-order valence-electron chi connectivity index (χ4n) is 3.92. The number of piperazine rings is 1. The largest absolute Gasteiger partial charge is 0.497 e. The predicted molar refractivity (Wildman–Crippen MR) is 146 cm³/mol. The molecule has 36 heavy (non-hydrogen) atoms. The molecule has 1 fully saturated rings. The number of terminal acetylenes is 1. The van der Waals surface area contributed by atoms with Gasteiger partial charge in [-0.3, -0.25) is 4.79 Å². The molecule has 8 nitrogen and oxygen atoms in total. The van der Waals surface area contributed by atoms with E-state index in [0.717, 1.165) is 46.6 Å². The van der Waals surface area contributed by atoms with Gasteiger partial charge in [0.2, 0.25) is 5.91 Å². The third-order valence-corrected chi connectivity index (χ3v) is 6.66. The van der Waals surface area contributed by atoms with Gasteiger partial charge in [0.25, 0.3) is 0 Å². The number of amides is 1. The maximum atomic E-state index is 12.4. The molecule has 1 N–H and O–H groups in total. The van der Waals surface area contributed by atoms with Crippen LogP contribution in [0.4, 0.5) is 16.8 Å². The third kappa shape index (κ3) is 6.83. The normalized spacial score (nSPS) is 13.6. The lowest BCUT2D eigenvalue weighted by molar-refractivity contribution is -0.131. The van der Waals surface area contributed by atoms with E-state index in [4.69, 9.17) is 11.2 Å². The number of aromatic nitrogens is 3. The molecule has 0 atom stereocenters. The standard InChI is InChI=1S/C27H30N6O2S/c1-4-5-6-10-26(34)33-15-13-32(14-16-33)25-18-24(29-20(2)30-25)31-27-28-19-23(36-27)12-11-21-8-7-9-22(17-21)35-3/h1,7-9,11-12,17-19H,5-6,10,13-16H2,2-3H3,(H,28,29,30,31)/b12-11+. The van der Waals surface area contributed by atoms with Gasteiger partial charge in [0.05, 0.1) is 7.11 Å². The SMILES string of the molecule is C#CCCCC(=O)N1CCN(c2cc(Nc3ncc(/C=C/c4cccc(OC)c4)s3)nc(C)n2)CC1. The second-order valence-corrected chi connectivity index (χ2v) is 9.45. The summed E-state index contributed by atoms with van der Waals surface area (Å²) in [6.07, 6.45) is 13.1. The summed E-state index contributed by atoms with van der Waals surface area (Å²) < 4.78 is 5.28. The molecular formula is C27H30N6O2S. The van der Waals surface area contributed by atoms with Crippen LogP contribution in [0.25, 0.3) is 12.2 Å². The van der Waals surface area contributed by atoms with Gasteiger partial charge >= 0.3 is 0 Å². The minimum absolute atomic E-state index is 0.172. The van der Waals surface area contributed by atoms with E-state index in [0.29, 0.717) is 37.6 Å². The van der Waals surface area contributed by atoms with Crippen LogP contribution < -0.4 is 15.0 Å². The van der Waals surface area contributed by atoms with Gasteiger partial charge in [-0.2, -0.15) is 0 Å². The number of methoxy groups -OCH3 is 1. The number of unbranched alkanes of at least 4 members (excludes halogenated alkanes) is 1. The lowest BCUT2D eigenvalue weighted by atomic mass is 10.2. The van der Waals surface area contributed by atoms with E-state index < -0.39 is 0 Å². The zero-order chi connectivity index (χ0) is 25.3. The molecule has 0 radical (unpaired) electrons. The van der Waals surface area contributed by atoms with Gasteiger partial charge in [-0.25, -0.2) is 15.0 Å². The fourth-order valence-corrected chi connectivity index (χ4v) is 4.64. The molecule has 3 aromatic rings. The first-order valence-corrected chi connectivity index (χ1v) is 12.7. The van der Waals surface area contributed by atoms with Crippen LogP contribution in [-0.4, -0.2) is 59.0 Å². The Bertz CT molecular complexity index is 1260. The molecule has 1 aromatic carbocycles. The zero-order valence-electron chi connectivity index (χ0n) is 20.6. The lowest BCUT2D eigenvalue weighted by Crippen LogP contribution is -2.49. The Morgan fingerprint density at radius 2 is 2.06 bits per heavy atom. The summed E-state index contributed by atoms with van der Waals surface area (Å²) in [6, 6.07) is 9.83. The summed E-state index contributed by atoms with van der Waals surface area (Å²) in [7, 11) is 1.66. The average Bonchev–Trinajstić information content (AvgIpc) is 3.34. The Hall–Kier alpha value is -3.90. The maximum absolute atomic E-state index is 12.4. The first-order chi connectivity index (χ1) is 17.5. The first-order valence-electron chi connectivity index (χ1n) is 11.9. The second kappa shape index (κ2) is 12.2. The van der Waals surface area contributed by atoms with Crippen LogP contribution >= 0.6 is 11.3 Å². The summed E-state index contributed by atoms with van der Waals surface area (Å²) in [5.41, 5.74) is 1.06. The average molecular weight is 503 g/mol. The van der Waals surface area contributed by atoms with Gasteiger partial charge in [0.15, 0.2) is 5.13 Å². The maximum Gasteiger partial charge on any atom is 0.222 e. The van der Waals surface area contributed by atoms with Crippen LogP contribution in [0.3, 0.4) is 0 Å². The van der Waals surface area contributed by atoms with Gasteiger partial charge in [-0.05, 0) is 37.1 Å². The molecule has 1 amide bonds. The number of thiazole rings is 1. The number of ether oxygens (including phenoxy) is 1. The Morgan fingerprint density at radius 3 is 2.83 bits per heavy atom. The molecular weight excluding hydrogens is 472 g/mol. The molecule has 1 saturated heterocycles. The number of carbonyl (C=O) groups excluding carboxylic acids is 1. The summed E-state index contributed by atoms with van der Waals surface area (Å²) in [5, 5.41) is 4.07. The molecule has 3 heterocycles. The van der Waals surface area contributed by atoms with Crippen molar-refractivity contribution >= 4 is 46.2 Å².